The van der Waals surface area contributed by atoms with Gasteiger partial charge in [-0.15, -0.1) is 0 Å². The number of carbonyl (C=O) groups is 3. The molecule has 1 aliphatic carbocycles. The summed E-state index contributed by atoms with van der Waals surface area (Å²) >= 11 is 0. The lowest BCUT2D eigenvalue weighted by Crippen LogP contribution is -2.51. The molecule has 2 aliphatic rings. The van der Waals surface area contributed by atoms with Gasteiger partial charge in [0, 0.05) is 48.9 Å². The first-order valence-corrected chi connectivity index (χ1v) is 13.4. The molecular formula is C30H37N5O4. The number of ether oxygens (including phenoxy) is 1. The Labute approximate surface area is 229 Å². The van der Waals surface area contributed by atoms with Crippen molar-refractivity contribution in [1.29, 1.82) is 5.26 Å². The molecule has 0 radical (unpaired) electrons. The van der Waals surface area contributed by atoms with Crippen LogP contribution in [0.1, 0.15) is 75.0 Å². The van der Waals surface area contributed by atoms with Crippen LogP contribution >= 0.6 is 0 Å². The summed E-state index contributed by atoms with van der Waals surface area (Å²) in [6, 6.07) is 14.8. The van der Waals surface area contributed by atoms with Crippen molar-refractivity contribution in [3.05, 3.63) is 59.2 Å². The first-order valence-electron chi connectivity index (χ1n) is 13.4. The van der Waals surface area contributed by atoms with Crippen molar-refractivity contribution in [1.82, 2.24) is 10.6 Å². The summed E-state index contributed by atoms with van der Waals surface area (Å²) < 4.78 is 5.22. The zero-order valence-corrected chi connectivity index (χ0v) is 23.2. The molecule has 0 aromatic heterocycles. The van der Waals surface area contributed by atoms with Crippen LogP contribution in [0, 0.1) is 23.2 Å². The van der Waals surface area contributed by atoms with Crippen LogP contribution in [0.5, 0.6) is 0 Å². The summed E-state index contributed by atoms with van der Waals surface area (Å²) in [5.41, 5.74) is 3.01. The Morgan fingerprint density at radius 3 is 2.31 bits per heavy atom. The standard InChI is InChI=1S/C30H37N5O4/c1-18-26(34-23-11-6-20(17-31)7-12-23)24-16-22(28(37)32-14-15-33-29(38)39-30(3,4)5)10-13-25(24)35(19(2)36)27(18)21-8-9-21/h6-7,10-13,16,18,21,26-27,34H,8-9,14-15H2,1-5H3,(H,32,37)(H,33,38)/t18-,26-,27-/m1/s1. The second-order valence-corrected chi connectivity index (χ2v) is 11.3. The number of nitrogens with zero attached hydrogens (tertiary/aromatic N) is 2. The average Bonchev–Trinajstić information content (AvgIpc) is 3.72. The maximum atomic E-state index is 13.0. The highest BCUT2D eigenvalue weighted by Crippen LogP contribution is 2.50. The van der Waals surface area contributed by atoms with E-state index < -0.39 is 11.7 Å². The lowest BCUT2D eigenvalue weighted by Gasteiger charge is -2.46. The Bertz CT molecular complexity index is 1270. The number of rotatable bonds is 7. The molecule has 39 heavy (non-hydrogen) atoms. The topological polar surface area (TPSA) is 124 Å². The van der Waals surface area contributed by atoms with Crippen LogP contribution in [-0.4, -0.2) is 42.6 Å². The van der Waals surface area contributed by atoms with E-state index >= 15 is 0 Å². The van der Waals surface area contributed by atoms with Crippen molar-refractivity contribution < 1.29 is 19.1 Å². The van der Waals surface area contributed by atoms with Gasteiger partial charge in [0.2, 0.25) is 5.91 Å². The Kier molecular flexibility index (Phi) is 8.14. The van der Waals surface area contributed by atoms with E-state index in [0.717, 1.165) is 29.8 Å². The molecule has 4 rings (SSSR count). The molecule has 206 valence electrons. The Morgan fingerprint density at radius 1 is 1.05 bits per heavy atom. The number of amides is 3. The number of anilines is 2. The zero-order valence-electron chi connectivity index (χ0n) is 23.2. The minimum absolute atomic E-state index is 0.0118. The third-order valence-corrected chi connectivity index (χ3v) is 7.11. The number of nitrogens with one attached hydrogen (secondary N) is 3. The second-order valence-electron chi connectivity index (χ2n) is 11.3. The van der Waals surface area contributed by atoms with Crippen LogP contribution in [0.2, 0.25) is 0 Å². The summed E-state index contributed by atoms with van der Waals surface area (Å²) in [6.07, 6.45) is 1.65. The molecule has 1 saturated carbocycles. The maximum Gasteiger partial charge on any atom is 0.407 e. The van der Waals surface area contributed by atoms with E-state index in [0.29, 0.717) is 17.0 Å². The Hall–Kier alpha value is -4.06. The van der Waals surface area contributed by atoms with Gasteiger partial charge in [-0.05, 0) is 87.6 Å². The molecular weight excluding hydrogens is 494 g/mol. The number of benzene rings is 2. The zero-order chi connectivity index (χ0) is 28.3. The molecule has 1 fully saturated rings. The summed E-state index contributed by atoms with van der Waals surface area (Å²) in [7, 11) is 0. The molecule has 9 nitrogen and oxygen atoms in total. The lowest BCUT2D eigenvalue weighted by molar-refractivity contribution is -0.117. The molecule has 1 heterocycles. The molecule has 9 heteroatoms. The Balaban J connectivity index is 1.56. The van der Waals surface area contributed by atoms with Crippen LogP contribution < -0.4 is 20.9 Å². The number of carbonyl (C=O) groups excluding carboxylic acids is 3. The first-order chi connectivity index (χ1) is 18.5. The fraction of sp³-hybridized carbons (Fsp3) is 0.467. The number of hydrogen-bond acceptors (Lipinski definition) is 6. The fourth-order valence-corrected chi connectivity index (χ4v) is 5.28. The van der Waals surface area contributed by atoms with Gasteiger partial charge in [0.15, 0.2) is 0 Å². The highest BCUT2D eigenvalue weighted by molar-refractivity contribution is 5.98. The van der Waals surface area contributed by atoms with E-state index in [4.69, 9.17) is 10.00 Å². The number of alkyl carbamates (subject to hydrolysis) is 1. The molecule has 0 spiro atoms. The van der Waals surface area contributed by atoms with E-state index in [9.17, 15) is 14.4 Å². The molecule has 0 saturated heterocycles. The lowest BCUT2D eigenvalue weighted by atomic mass is 9.79. The second kappa shape index (κ2) is 11.4. The predicted octanol–water partition coefficient (Wildman–Crippen LogP) is 4.75. The van der Waals surface area contributed by atoms with Crippen molar-refractivity contribution in [3.63, 3.8) is 0 Å². The van der Waals surface area contributed by atoms with E-state index in [1.54, 1.807) is 45.9 Å². The quantitative estimate of drug-likeness (QED) is 0.443. The van der Waals surface area contributed by atoms with Gasteiger partial charge < -0.3 is 25.6 Å². The van der Waals surface area contributed by atoms with E-state index in [1.165, 1.54) is 0 Å². The highest BCUT2D eigenvalue weighted by atomic mass is 16.6. The van der Waals surface area contributed by atoms with Crippen molar-refractivity contribution >= 4 is 29.3 Å². The SMILES string of the molecule is CC(=O)N1c2ccc(C(=O)NCCNC(=O)OC(C)(C)C)cc2[C@H](Nc2ccc(C#N)cc2)[C@@H](C)[C@@H]1C1CC1. The number of fused-ring (bicyclic) bond motifs is 1. The highest BCUT2D eigenvalue weighted by Gasteiger charge is 2.47. The minimum atomic E-state index is -0.595. The van der Waals surface area contributed by atoms with Gasteiger partial charge in [-0.2, -0.15) is 5.26 Å². The predicted molar refractivity (Wildman–Crippen MR) is 149 cm³/mol. The van der Waals surface area contributed by atoms with Gasteiger partial charge in [-0.3, -0.25) is 9.59 Å². The number of nitriles is 1. The van der Waals surface area contributed by atoms with Gasteiger partial charge >= 0.3 is 6.09 Å². The fourth-order valence-electron chi connectivity index (χ4n) is 5.28. The monoisotopic (exact) mass is 531 g/mol. The van der Waals surface area contributed by atoms with Crippen LogP contribution in [0.4, 0.5) is 16.2 Å². The van der Waals surface area contributed by atoms with Crippen LogP contribution in [0.3, 0.4) is 0 Å². The van der Waals surface area contributed by atoms with E-state index in [1.807, 2.05) is 29.2 Å². The van der Waals surface area contributed by atoms with Crippen LogP contribution in [0.25, 0.3) is 0 Å². The molecule has 1 aliphatic heterocycles. The largest absolute Gasteiger partial charge is 0.444 e. The maximum absolute atomic E-state index is 13.0. The average molecular weight is 532 g/mol. The van der Waals surface area contributed by atoms with Crippen LogP contribution in [0.15, 0.2) is 42.5 Å². The van der Waals surface area contributed by atoms with Crippen molar-refractivity contribution in [2.45, 2.75) is 65.1 Å². The molecule has 3 amide bonds. The smallest absolute Gasteiger partial charge is 0.407 e. The van der Waals surface area contributed by atoms with Crippen LogP contribution in [-0.2, 0) is 9.53 Å². The molecule has 0 bridgehead atoms. The number of hydrogen-bond donors (Lipinski definition) is 3. The summed E-state index contributed by atoms with van der Waals surface area (Å²) in [5, 5.41) is 18.3. The van der Waals surface area contributed by atoms with Gasteiger partial charge in [0.05, 0.1) is 17.7 Å². The first kappa shape index (κ1) is 28.0. The molecule has 0 unspecified atom stereocenters. The van der Waals surface area contributed by atoms with E-state index in [2.05, 4.69) is 28.9 Å². The molecule has 3 atom stereocenters. The molecule has 2 aromatic rings. The van der Waals surface area contributed by atoms with Gasteiger partial charge in [-0.1, -0.05) is 6.92 Å². The Morgan fingerprint density at radius 2 is 1.72 bits per heavy atom. The third kappa shape index (κ3) is 6.69. The summed E-state index contributed by atoms with van der Waals surface area (Å²) in [5.74, 6) is 0.248. The summed E-state index contributed by atoms with van der Waals surface area (Å²) in [4.78, 5) is 39.7. The summed E-state index contributed by atoms with van der Waals surface area (Å²) in [6.45, 7) is 9.57. The van der Waals surface area contributed by atoms with Crippen molar-refractivity contribution in [2.24, 2.45) is 11.8 Å². The van der Waals surface area contributed by atoms with E-state index in [-0.39, 0.29) is 42.9 Å². The third-order valence-electron chi connectivity index (χ3n) is 7.11. The molecule has 3 N–H and O–H groups in total. The van der Waals surface area contributed by atoms with Crippen molar-refractivity contribution in [3.8, 4) is 6.07 Å². The van der Waals surface area contributed by atoms with Gasteiger partial charge in [-0.25, -0.2) is 4.79 Å². The van der Waals surface area contributed by atoms with Crippen molar-refractivity contribution in [2.75, 3.05) is 23.3 Å². The minimum Gasteiger partial charge on any atom is -0.444 e. The normalized spacial score (nSPS) is 20.3. The molecule has 2 aromatic carbocycles. The van der Waals surface area contributed by atoms with Gasteiger partial charge in [0.25, 0.3) is 5.91 Å². The van der Waals surface area contributed by atoms with Gasteiger partial charge in [0.1, 0.15) is 5.60 Å².